The summed E-state index contributed by atoms with van der Waals surface area (Å²) in [6.45, 7) is 6.19. The Balaban J connectivity index is 1.76. The summed E-state index contributed by atoms with van der Waals surface area (Å²) in [5, 5.41) is 3.94. The molecular formula is C26H31FN4O3. The molecule has 34 heavy (non-hydrogen) atoms. The number of nitrogens with one attached hydrogen (secondary N) is 2. The number of nitrogens with zero attached hydrogens (tertiary/aromatic N) is 2. The number of carbonyl (C=O) groups excluding carboxylic acids is 1. The maximum Gasteiger partial charge on any atom is 0.260 e. The van der Waals surface area contributed by atoms with Gasteiger partial charge >= 0.3 is 0 Å². The van der Waals surface area contributed by atoms with Crippen LogP contribution in [-0.2, 0) is 0 Å². The first kappa shape index (κ1) is 22.7. The van der Waals surface area contributed by atoms with Crippen molar-refractivity contribution >= 4 is 16.8 Å². The van der Waals surface area contributed by atoms with Crippen LogP contribution >= 0.6 is 0 Å². The van der Waals surface area contributed by atoms with E-state index in [1.165, 1.54) is 12.5 Å². The third kappa shape index (κ3) is 4.00. The summed E-state index contributed by atoms with van der Waals surface area (Å²) in [5.41, 5.74) is 2.08. The number of piperazine rings is 1. The van der Waals surface area contributed by atoms with Crippen LogP contribution in [0.5, 0.6) is 11.6 Å². The first-order valence-corrected chi connectivity index (χ1v) is 12.2. The highest BCUT2D eigenvalue weighted by Gasteiger charge is 2.32. The van der Waals surface area contributed by atoms with Crippen molar-refractivity contribution in [2.24, 2.45) is 0 Å². The van der Waals surface area contributed by atoms with Crippen LogP contribution in [0.15, 0.2) is 29.2 Å². The molecule has 1 aromatic carbocycles. The zero-order valence-corrected chi connectivity index (χ0v) is 19.7. The lowest BCUT2D eigenvalue weighted by atomic mass is 9.95. The minimum absolute atomic E-state index is 0.104. The van der Waals surface area contributed by atoms with Gasteiger partial charge in [0.1, 0.15) is 17.1 Å². The molecule has 7 nitrogen and oxygen atoms in total. The Bertz CT molecular complexity index is 1280. The molecule has 1 aliphatic heterocycles. The Hall–Kier alpha value is -3.13. The molecule has 1 saturated heterocycles. The van der Waals surface area contributed by atoms with E-state index in [1.54, 1.807) is 25.3 Å². The van der Waals surface area contributed by atoms with E-state index < -0.39 is 0 Å². The van der Waals surface area contributed by atoms with Gasteiger partial charge in [0.25, 0.3) is 5.91 Å². The number of rotatable bonds is 4. The van der Waals surface area contributed by atoms with Gasteiger partial charge in [-0.15, -0.1) is 0 Å². The zero-order valence-electron chi connectivity index (χ0n) is 19.7. The summed E-state index contributed by atoms with van der Waals surface area (Å²) in [6.07, 6.45) is 6.81. The Morgan fingerprint density at radius 2 is 1.85 bits per heavy atom. The highest BCUT2D eigenvalue weighted by molar-refractivity contribution is 6.09. The Kier molecular flexibility index (Phi) is 6.16. The van der Waals surface area contributed by atoms with Crippen LogP contribution in [0.4, 0.5) is 4.39 Å². The number of aryl methyl sites for hydroxylation is 1. The number of hydrogen-bond acceptors (Lipinski definition) is 4. The molecule has 3 aromatic rings. The first-order valence-electron chi connectivity index (χ1n) is 12.2. The Morgan fingerprint density at radius 3 is 2.59 bits per heavy atom. The van der Waals surface area contributed by atoms with Crippen LogP contribution in [-0.4, -0.2) is 46.5 Å². The van der Waals surface area contributed by atoms with Crippen molar-refractivity contribution in [3.63, 3.8) is 0 Å². The van der Waals surface area contributed by atoms with Gasteiger partial charge in [-0.05, 0) is 38.3 Å². The molecule has 1 aliphatic carbocycles. The van der Waals surface area contributed by atoms with Crippen molar-refractivity contribution in [2.45, 2.75) is 52.0 Å². The van der Waals surface area contributed by atoms with Gasteiger partial charge in [0.15, 0.2) is 0 Å². The quantitative estimate of drug-likeness (QED) is 0.596. The maximum absolute atomic E-state index is 14.5. The summed E-state index contributed by atoms with van der Waals surface area (Å²) < 4.78 is 23.1. The van der Waals surface area contributed by atoms with Crippen LogP contribution in [0.25, 0.3) is 10.9 Å². The van der Waals surface area contributed by atoms with E-state index >= 15 is 0 Å². The van der Waals surface area contributed by atoms with E-state index in [2.05, 4.69) is 10.3 Å². The standard InChI is InChI=1S/C26H31FN4O3/c1-16-8-9-20(27)17(2)24(16)34-26-23(25(33)30-12-10-28-11-13-30)19-15-29-22(32)14-21(19)31(26)18-6-4-3-5-7-18/h8-9,14-15,18,28H,3-7,10-13H2,1-2H3,(H,29,32). The fraction of sp³-hybridized carbons (Fsp3) is 0.462. The van der Waals surface area contributed by atoms with Crippen molar-refractivity contribution in [1.82, 2.24) is 19.8 Å². The highest BCUT2D eigenvalue weighted by Crippen LogP contribution is 2.43. The second-order valence-electron chi connectivity index (χ2n) is 9.40. The van der Waals surface area contributed by atoms with E-state index in [1.807, 2.05) is 16.4 Å². The lowest BCUT2D eigenvalue weighted by Crippen LogP contribution is -2.46. The van der Waals surface area contributed by atoms with Crippen molar-refractivity contribution in [1.29, 1.82) is 0 Å². The minimum Gasteiger partial charge on any atom is -0.439 e. The first-order chi connectivity index (χ1) is 16.5. The second-order valence-corrected chi connectivity index (χ2v) is 9.40. The van der Waals surface area contributed by atoms with Crippen LogP contribution in [0.2, 0.25) is 0 Å². The van der Waals surface area contributed by atoms with Gasteiger partial charge in [-0.25, -0.2) is 4.39 Å². The summed E-state index contributed by atoms with van der Waals surface area (Å²) in [4.78, 5) is 30.8. The van der Waals surface area contributed by atoms with Crippen molar-refractivity contribution in [3.05, 3.63) is 57.3 Å². The Labute approximate surface area is 197 Å². The van der Waals surface area contributed by atoms with Crippen molar-refractivity contribution in [3.8, 4) is 11.6 Å². The number of carbonyl (C=O) groups is 1. The number of aromatic amines is 1. The van der Waals surface area contributed by atoms with Gasteiger partial charge in [-0.2, -0.15) is 0 Å². The molecule has 2 aliphatic rings. The fourth-order valence-corrected chi connectivity index (χ4v) is 5.30. The van der Waals surface area contributed by atoms with Crippen LogP contribution in [0, 0.1) is 19.7 Å². The number of ether oxygens (including phenoxy) is 1. The molecule has 3 heterocycles. The number of pyridine rings is 1. The molecule has 180 valence electrons. The normalized spacial score (nSPS) is 17.3. The van der Waals surface area contributed by atoms with E-state index in [-0.39, 0.29) is 23.3 Å². The molecule has 1 saturated carbocycles. The zero-order chi connectivity index (χ0) is 23.8. The number of benzene rings is 1. The van der Waals surface area contributed by atoms with Crippen LogP contribution < -0.4 is 15.6 Å². The van der Waals surface area contributed by atoms with Gasteiger partial charge in [-0.3, -0.25) is 9.59 Å². The molecular weight excluding hydrogens is 435 g/mol. The largest absolute Gasteiger partial charge is 0.439 e. The van der Waals surface area contributed by atoms with Crippen molar-refractivity contribution in [2.75, 3.05) is 26.2 Å². The molecule has 0 unspecified atom stereocenters. The van der Waals surface area contributed by atoms with E-state index in [0.29, 0.717) is 46.7 Å². The number of hydrogen-bond donors (Lipinski definition) is 2. The third-order valence-corrected chi connectivity index (χ3v) is 7.16. The molecule has 5 rings (SSSR count). The predicted octanol–water partition coefficient (Wildman–Crippen LogP) is 4.43. The highest BCUT2D eigenvalue weighted by atomic mass is 19.1. The monoisotopic (exact) mass is 466 g/mol. The molecule has 0 atom stereocenters. The van der Waals surface area contributed by atoms with Crippen molar-refractivity contribution < 1.29 is 13.9 Å². The maximum atomic E-state index is 14.5. The van der Waals surface area contributed by atoms with E-state index in [4.69, 9.17) is 4.74 Å². The predicted molar refractivity (Wildman–Crippen MR) is 129 cm³/mol. The van der Waals surface area contributed by atoms with Gasteiger partial charge < -0.3 is 24.5 Å². The number of H-pyrrole nitrogens is 1. The van der Waals surface area contributed by atoms with E-state index in [0.717, 1.165) is 44.3 Å². The van der Waals surface area contributed by atoms with Gasteiger partial charge in [0.2, 0.25) is 11.4 Å². The molecule has 0 spiro atoms. The molecule has 0 bridgehead atoms. The van der Waals surface area contributed by atoms with Gasteiger partial charge in [-0.1, -0.05) is 25.3 Å². The lowest BCUT2D eigenvalue weighted by Gasteiger charge is -2.29. The average molecular weight is 467 g/mol. The Morgan fingerprint density at radius 1 is 1.12 bits per heavy atom. The van der Waals surface area contributed by atoms with Crippen LogP contribution in [0.1, 0.15) is 59.6 Å². The molecule has 8 heteroatoms. The van der Waals surface area contributed by atoms with Gasteiger partial charge in [0, 0.05) is 55.4 Å². The second kappa shape index (κ2) is 9.25. The number of fused-ring (bicyclic) bond motifs is 1. The van der Waals surface area contributed by atoms with E-state index in [9.17, 15) is 14.0 Å². The van der Waals surface area contributed by atoms with Gasteiger partial charge in [0.05, 0.1) is 5.52 Å². The molecule has 2 aromatic heterocycles. The molecule has 1 amide bonds. The molecule has 2 N–H and O–H groups in total. The fourth-order valence-electron chi connectivity index (χ4n) is 5.30. The summed E-state index contributed by atoms with van der Waals surface area (Å²) >= 11 is 0. The number of amides is 1. The summed E-state index contributed by atoms with van der Waals surface area (Å²) in [6, 6.07) is 4.77. The smallest absolute Gasteiger partial charge is 0.260 e. The SMILES string of the molecule is Cc1ccc(F)c(C)c1Oc1c(C(=O)N2CCNCC2)c2c[nH]c(=O)cc2n1C1CCCCC1. The summed E-state index contributed by atoms with van der Waals surface area (Å²) in [5.74, 6) is 0.336. The molecule has 2 fully saturated rings. The van der Waals surface area contributed by atoms with Crippen LogP contribution in [0.3, 0.4) is 0 Å². The number of halogens is 1. The average Bonchev–Trinajstić information content (AvgIpc) is 3.17. The minimum atomic E-state index is -0.355. The lowest BCUT2D eigenvalue weighted by molar-refractivity contribution is 0.0734. The topological polar surface area (TPSA) is 79.4 Å². The number of aromatic nitrogens is 2. The third-order valence-electron chi connectivity index (χ3n) is 7.16. The molecule has 0 radical (unpaired) electrons. The summed E-state index contributed by atoms with van der Waals surface area (Å²) in [7, 11) is 0.